The fraction of sp³-hybridized carbons (Fsp3) is 0.273. The van der Waals surface area contributed by atoms with Gasteiger partial charge in [0, 0.05) is 18.2 Å². The molecule has 0 spiro atoms. The highest BCUT2D eigenvalue weighted by atomic mass is 32.2. The van der Waals surface area contributed by atoms with E-state index in [2.05, 4.69) is 29.4 Å². The summed E-state index contributed by atoms with van der Waals surface area (Å²) in [4.78, 5) is 24.8. The lowest BCUT2D eigenvalue weighted by Gasteiger charge is -2.13. The number of hydrogen-bond acceptors (Lipinski definition) is 5. The molecule has 0 bridgehead atoms. The summed E-state index contributed by atoms with van der Waals surface area (Å²) in [6.45, 7) is 7.49. The number of anilines is 1. The highest BCUT2D eigenvalue weighted by Crippen LogP contribution is 2.27. The predicted molar refractivity (Wildman–Crippen MR) is 116 cm³/mol. The first-order chi connectivity index (χ1) is 13.9. The Morgan fingerprint density at radius 1 is 0.966 bits per heavy atom. The van der Waals surface area contributed by atoms with E-state index in [-0.39, 0.29) is 11.8 Å². The van der Waals surface area contributed by atoms with Gasteiger partial charge in [0.05, 0.1) is 5.25 Å². The minimum Gasteiger partial charge on any atom is -0.325 e. The molecule has 7 heteroatoms. The van der Waals surface area contributed by atoms with E-state index in [1.807, 2.05) is 54.6 Å². The smallest absolute Gasteiger partial charge is 0.237 e. The van der Waals surface area contributed by atoms with E-state index >= 15 is 0 Å². The molecule has 1 atom stereocenters. The highest BCUT2D eigenvalue weighted by Gasteiger charge is 2.22. The summed E-state index contributed by atoms with van der Waals surface area (Å²) in [5.41, 5.74) is 2.75. The standard InChI is InChI=1S/C22H24N4O2S/c1-14(2)17-10-12-19(13-11-17)23-21(28)15(3)29-22-25-24-20(26(22)16(4)27)18-8-6-5-7-9-18/h5-15H,1-4H3,(H,23,28). The number of hydrogen-bond donors (Lipinski definition) is 1. The van der Waals surface area contributed by atoms with Gasteiger partial charge in [0.25, 0.3) is 0 Å². The van der Waals surface area contributed by atoms with Crippen molar-refractivity contribution in [2.45, 2.75) is 44.0 Å². The molecule has 2 aromatic carbocycles. The van der Waals surface area contributed by atoms with Gasteiger partial charge < -0.3 is 5.32 Å². The number of amides is 1. The van der Waals surface area contributed by atoms with Crippen LogP contribution in [0.15, 0.2) is 59.8 Å². The molecule has 0 aliphatic rings. The quantitative estimate of drug-likeness (QED) is 0.590. The molecule has 0 fully saturated rings. The molecule has 0 radical (unpaired) electrons. The summed E-state index contributed by atoms with van der Waals surface area (Å²) in [5.74, 6) is 0.545. The van der Waals surface area contributed by atoms with E-state index < -0.39 is 5.25 Å². The number of nitrogens with one attached hydrogen (secondary N) is 1. The van der Waals surface area contributed by atoms with Crippen molar-refractivity contribution in [3.8, 4) is 11.4 Å². The van der Waals surface area contributed by atoms with Crippen LogP contribution in [0.4, 0.5) is 5.69 Å². The third kappa shape index (κ3) is 4.92. The summed E-state index contributed by atoms with van der Waals surface area (Å²) >= 11 is 1.21. The molecule has 3 rings (SSSR count). The van der Waals surface area contributed by atoms with Crippen LogP contribution in [0.25, 0.3) is 11.4 Å². The number of rotatable bonds is 6. The highest BCUT2D eigenvalue weighted by molar-refractivity contribution is 8.00. The zero-order valence-corrected chi connectivity index (χ0v) is 17.7. The fourth-order valence-electron chi connectivity index (χ4n) is 2.81. The van der Waals surface area contributed by atoms with E-state index in [9.17, 15) is 9.59 Å². The summed E-state index contributed by atoms with van der Waals surface area (Å²) in [6.07, 6.45) is 0. The molecule has 3 aromatic rings. The van der Waals surface area contributed by atoms with Crippen LogP contribution in [0.3, 0.4) is 0 Å². The first kappa shape index (κ1) is 20.8. The van der Waals surface area contributed by atoms with Crippen molar-refractivity contribution in [2.24, 2.45) is 0 Å². The van der Waals surface area contributed by atoms with E-state index in [0.29, 0.717) is 16.9 Å². The van der Waals surface area contributed by atoms with Crippen LogP contribution < -0.4 is 5.32 Å². The fourth-order valence-corrected chi connectivity index (χ4v) is 3.70. The monoisotopic (exact) mass is 408 g/mol. The minimum atomic E-state index is -0.453. The van der Waals surface area contributed by atoms with Crippen LogP contribution >= 0.6 is 11.8 Å². The van der Waals surface area contributed by atoms with Gasteiger partial charge in [-0.25, -0.2) is 4.57 Å². The molecule has 1 aromatic heterocycles. The van der Waals surface area contributed by atoms with Crippen LogP contribution in [0.5, 0.6) is 0 Å². The predicted octanol–water partition coefficient (Wildman–Crippen LogP) is 4.85. The van der Waals surface area contributed by atoms with Crippen molar-refractivity contribution in [3.63, 3.8) is 0 Å². The van der Waals surface area contributed by atoms with E-state index in [4.69, 9.17) is 0 Å². The zero-order chi connectivity index (χ0) is 21.0. The Hall–Kier alpha value is -2.93. The second kappa shape index (κ2) is 9.05. The van der Waals surface area contributed by atoms with Crippen molar-refractivity contribution in [2.75, 3.05) is 5.32 Å². The lowest BCUT2D eigenvalue weighted by Crippen LogP contribution is -2.23. The Kier molecular flexibility index (Phi) is 6.49. The van der Waals surface area contributed by atoms with Gasteiger partial charge >= 0.3 is 0 Å². The second-order valence-electron chi connectivity index (χ2n) is 7.05. The number of nitrogens with zero attached hydrogens (tertiary/aromatic N) is 3. The second-order valence-corrected chi connectivity index (χ2v) is 8.36. The normalized spacial score (nSPS) is 12.0. The van der Waals surface area contributed by atoms with Gasteiger partial charge in [0.1, 0.15) is 0 Å². The molecule has 0 saturated heterocycles. The minimum absolute atomic E-state index is 0.160. The average Bonchev–Trinajstić information content (AvgIpc) is 3.12. The molecular weight excluding hydrogens is 384 g/mol. The molecule has 0 aliphatic carbocycles. The molecule has 1 heterocycles. The van der Waals surface area contributed by atoms with Crippen LogP contribution in [0, 0.1) is 0 Å². The molecule has 0 aliphatic heterocycles. The first-order valence-electron chi connectivity index (χ1n) is 9.46. The molecule has 29 heavy (non-hydrogen) atoms. The summed E-state index contributed by atoms with van der Waals surface area (Å²) in [6, 6.07) is 17.2. The molecule has 150 valence electrons. The van der Waals surface area contributed by atoms with Gasteiger partial charge in [0.2, 0.25) is 11.8 Å². The van der Waals surface area contributed by atoms with Gasteiger partial charge in [-0.1, -0.05) is 68.1 Å². The molecule has 1 N–H and O–H groups in total. The van der Waals surface area contributed by atoms with Gasteiger partial charge in [-0.2, -0.15) is 0 Å². The summed E-state index contributed by atoms with van der Waals surface area (Å²) < 4.78 is 1.45. The number of carbonyl (C=O) groups is 2. The van der Waals surface area contributed by atoms with Gasteiger partial charge in [-0.15, -0.1) is 10.2 Å². The molecular formula is C22H24N4O2S. The Balaban J connectivity index is 1.74. The number of thioether (sulfide) groups is 1. The lowest BCUT2D eigenvalue weighted by atomic mass is 10.0. The van der Waals surface area contributed by atoms with Crippen LogP contribution in [0.1, 0.15) is 44.0 Å². The van der Waals surface area contributed by atoms with Crippen LogP contribution in [-0.2, 0) is 4.79 Å². The average molecular weight is 409 g/mol. The lowest BCUT2D eigenvalue weighted by molar-refractivity contribution is -0.115. The van der Waals surface area contributed by atoms with Gasteiger partial charge in [-0.05, 0) is 30.5 Å². The third-order valence-corrected chi connectivity index (χ3v) is 5.52. The van der Waals surface area contributed by atoms with Crippen LogP contribution in [-0.4, -0.2) is 31.8 Å². The van der Waals surface area contributed by atoms with Gasteiger partial charge in [0.15, 0.2) is 11.0 Å². The van der Waals surface area contributed by atoms with Crippen molar-refractivity contribution >= 4 is 29.3 Å². The summed E-state index contributed by atoms with van der Waals surface area (Å²) in [5, 5.41) is 11.2. The Labute approximate surface area is 174 Å². The maximum Gasteiger partial charge on any atom is 0.237 e. The molecule has 1 amide bonds. The maximum atomic E-state index is 12.6. The van der Waals surface area contributed by atoms with Crippen molar-refractivity contribution in [1.82, 2.24) is 14.8 Å². The van der Waals surface area contributed by atoms with E-state index in [1.54, 1.807) is 6.92 Å². The van der Waals surface area contributed by atoms with Crippen molar-refractivity contribution in [3.05, 3.63) is 60.2 Å². The molecule has 1 unspecified atom stereocenters. The Morgan fingerprint density at radius 3 is 2.21 bits per heavy atom. The van der Waals surface area contributed by atoms with Gasteiger partial charge in [-0.3, -0.25) is 9.59 Å². The number of benzene rings is 2. The molecule has 6 nitrogen and oxygen atoms in total. The molecule has 0 saturated carbocycles. The largest absolute Gasteiger partial charge is 0.325 e. The Morgan fingerprint density at radius 2 is 1.62 bits per heavy atom. The SMILES string of the molecule is CC(=O)n1c(SC(C)C(=O)Nc2ccc(C(C)C)cc2)nnc1-c1ccccc1. The van der Waals surface area contributed by atoms with Crippen LogP contribution in [0.2, 0.25) is 0 Å². The van der Waals surface area contributed by atoms with E-state index in [0.717, 1.165) is 11.3 Å². The van der Waals surface area contributed by atoms with Crippen molar-refractivity contribution in [1.29, 1.82) is 0 Å². The number of carbonyl (C=O) groups excluding carboxylic acids is 2. The summed E-state index contributed by atoms with van der Waals surface area (Å²) in [7, 11) is 0. The van der Waals surface area contributed by atoms with Crippen molar-refractivity contribution < 1.29 is 9.59 Å². The van der Waals surface area contributed by atoms with E-state index in [1.165, 1.54) is 28.8 Å². The first-order valence-corrected chi connectivity index (χ1v) is 10.3. The number of aromatic nitrogens is 3. The topological polar surface area (TPSA) is 76.9 Å². The Bertz CT molecular complexity index is 997. The zero-order valence-electron chi connectivity index (χ0n) is 16.9. The maximum absolute atomic E-state index is 12.6. The third-order valence-electron chi connectivity index (χ3n) is 4.48.